The van der Waals surface area contributed by atoms with Crippen LogP contribution in [0.2, 0.25) is 0 Å². The molecule has 0 saturated heterocycles. The Hall–Kier alpha value is -1.39. The molecule has 1 N–H and O–H groups in total. The predicted molar refractivity (Wildman–Crippen MR) is 45.9 cm³/mol. The molecule has 0 aromatic carbocycles. The van der Waals surface area contributed by atoms with Gasteiger partial charge < -0.3 is 0 Å². The van der Waals surface area contributed by atoms with Crippen LogP contribution in [0, 0.1) is 10.1 Å². The molecule has 13 heavy (non-hydrogen) atoms. The molecule has 2 rings (SSSR count). The van der Waals surface area contributed by atoms with Gasteiger partial charge in [-0.25, -0.2) is 0 Å². The molecule has 0 fully saturated rings. The van der Waals surface area contributed by atoms with E-state index in [4.69, 9.17) is 0 Å². The van der Waals surface area contributed by atoms with Crippen LogP contribution in [0.3, 0.4) is 0 Å². The van der Waals surface area contributed by atoms with Gasteiger partial charge in [-0.15, -0.1) is 0 Å². The second-order valence-electron chi connectivity index (χ2n) is 3.33. The van der Waals surface area contributed by atoms with Crippen molar-refractivity contribution >= 4 is 0 Å². The summed E-state index contributed by atoms with van der Waals surface area (Å²) in [6, 6.07) is 0. The topological polar surface area (TPSA) is 71.8 Å². The molecule has 0 spiro atoms. The Morgan fingerprint density at radius 3 is 3.00 bits per heavy atom. The number of nitrogens with one attached hydrogen (secondary N) is 1. The van der Waals surface area contributed by atoms with Crippen molar-refractivity contribution in [2.24, 2.45) is 0 Å². The molecule has 0 unspecified atom stereocenters. The van der Waals surface area contributed by atoms with Crippen molar-refractivity contribution in [1.82, 2.24) is 10.2 Å². The third-order valence-electron chi connectivity index (χ3n) is 2.42. The molecule has 1 aromatic rings. The third-order valence-corrected chi connectivity index (χ3v) is 2.42. The van der Waals surface area contributed by atoms with Crippen LogP contribution in [0.4, 0.5) is 0 Å². The number of aryl methyl sites for hydroxylation is 1. The lowest BCUT2D eigenvalue weighted by atomic mass is 9.96. The maximum atomic E-state index is 10.3. The molecule has 1 heterocycles. The summed E-state index contributed by atoms with van der Waals surface area (Å²) < 4.78 is 0. The maximum absolute atomic E-state index is 10.3. The van der Waals surface area contributed by atoms with Gasteiger partial charge in [0.05, 0.1) is 0 Å². The SMILES string of the molecule is O=[N+]([O-])Cc1n[nH]c2c1CCCC2. The highest BCUT2D eigenvalue weighted by molar-refractivity contribution is 5.26. The Labute approximate surface area is 75.3 Å². The number of hydrogen-bond donors (Lipinski definition) is 1. The zero-order valence-corrected chi connectivity index (χ0v) is 7.25. The number of H-pyrrole nitrogens is 1. The van der Waals surface area contributed by atoms with E-state index in [9.17, 15) is 10.1 Å². The number of aromatic nitrogens is 2. The molecule has 0 aliphatic heterocycles. The summed E-state index contributed by atoms with van der Waals surface area (Å²) in [5, 5.41) is 17.2. The van der Waals surface area contributed by atoms with E-state index in [0.717, 1.165) is 36.9 Å². The molecule has 1 aliphatic rings. The summed E-state index contributed by atoms with van der Waals surface area (Å²) >= 11 is 0. The molecule has 5 heteroatoms. The fourth-order valence-electron chi connectivity index (χ4n) is 1.80. The van der Waals surface area contributed by atoms with E-state index >= 15 is 0 Å². The van der Waals surface area contributed by atoms with Crippen LogP contribution < -0.4 is 0 Å². The average Bonchev–Trinajstić information content (AvgIpc) is 2.48. The first-order valence-electron chi connectivity index (χ1n) is 4.44. The second-order valence-corrected chi connectivity index (χ2v) is 3.33. The van der Waals surface area contributed by atoms with Crippen molar-refractivity contribution in [2.45, 2.75) is 32.2 Å². The zero-order valence-electron chi connectivity index (χ0n) is 7.25. The van der Waals surface area contributed by atoms with E-state index < -0.39 is 0 Å². The lowest BCUT2D eigenvalue weighted by Gasteiger charge is -2.09. The van der Waals surface area contributed by atoms with Gasteiger partial charge in [0.15, 0.2) is 0 Å². The third kappa shape index (κ3) is 1.54. The van der Waals surface area contributed by atoms with Gasteiger partial charge >= 0.3 is 0 Å². The Kier molecular flexibility index (Phi) is 2.00. The minimum Gasteiger partial charge on any atom is -0.282 e. The number of nitrogens with zero attached hydrogens (tertiary/aromatic N) is 2. The minimum absolute atomic E-state index is 0.147. The number of nitro groups is 1. The predicted octanol–water partition coefficient (Wildman–Crippen LogP) is 1.07. The molecule has 1 aromatic heterocycles. The van der Waals surface area contributed by atoms with Crippen LogP contribution in [0.25, 0.3) is 0 Å². The zero-order chi connectivity index (χ0) is 9.26. The highest BCUT2D eigenvalue weighted by Gasteiger charge is 2.19. The van der Waals surface area contributed by atoms with E-state index in [2.05, 4.69) is 10.2 Å². The van der Waals surface area contributed by atoms with Crippen molar-refractivity contribution in [3.63, 3.8) is 0 Å². The van der Waals surface area contributed by atoms with Crippen LogP contribution in [-0.2, 0) is 19.4 Å². The van der Waals surface area contributed by atoms with E-state index in [1.807, 2.05) is 0 Å². The van der Waals surface area contributed by atoms with E-state index in [-0.39, 0.29) is 11.5 Å². The Morgan fingerprint density at radius 2 is 2.23 bits per heavy atom. The smallest absolute Gasteiger partial charge is 0.247 e. The van der Waals surface area contributed by atoms with E-state index in [0.29, 0.717) is 5.69 Å². The largest absolute Gasteiger partial charge is 0.282 e. The van der Waals surface area contributed by atoms with Crippen LogP contribution in [0.1, 0.15) is 29.8 Å². The van der Waals surface area contributed by atoms with Gasteiger partial charge in [0.25, 0.3) is 0 Å². The maximum Gasteiger partial charge on any atom is 0.247 e. The summed E-state index contributed by atoms with van der Waals surface area (Å²) in [5.41, 5.74) is 2.81. The minimum atomic E-state index is -0.328. The van der Waals surface area contributed by atoms with Crippen LogP contribution in [-0.4, -0.2) is 15.1 Å². The molecule has 1 aliphatic carbocycles. The first-order valence-corrected chi connectivity index (χ1v) is 4.44. The van der Waals surface area contributed by atoms with Gasteiger partial charge in [-0.1, -0.05) is 0 Å². The molecule has 5 nitrogen and oxygen atoms in total. The molecule has 0 radical (unpaired) electrons. The number of rotatable bonds is 2. The molecule has 70 valence electrons. The van der Waals surface area contributed by atoms with Gasteiger partial charge in [0.2, 0.25) is 6.54 Å². The van der Waals surface area contributed by atoms with Crippen LogP contribution in [0.15, 0.2) is 0 Å². The number of hydrogen-bond acceptors (Lipinski definition) is 3. The van der Waals surface area contributed by atoms with E-state index in [1.165, 1.54) is 0 Å². The van der Waals surface area contributed by atoms with Gasteiger partial charge in [0, 0.05) is 16.2 Å². The lowest BCUT2D eigenvalue weighted by Crippen LogP contribution is -2.05. The fourth-order valence-corrected chi connectivity index (χ4v) is 1.80. The Morgan fingerprint density at radius 1 is 1.46 bits per heavy atom. The summed E-state index contributed by atoms with van der Waals surface area (Å²) in [7, 11) is 0. The van der Waals surface area contributed by atoms with Gasteiger partial charge in [-0.05, 0) is 25.7 Å². The van der Waals surface area contributed by atoms with E-state index in [1.54, 1.807) is 0 Å². The monoisotopic (exact) mass is 181 g/mol. The Bertz CT molecular complexity index is 332. The second kappa shape index (κ2) is 3.16. The fraction of sp³-hybridized carbons (Fsp3) is 0.625. The van der Waals surface area contributed by atoms with Crippen molar-refractivity contribution in [3.05, 3.63) is 27.1 Å². The van der Waals surface area contributed by atoms with Crippen LogP contribution in [0.5, 0.6) is 0 Å². The number of fused-ring (bicyclic) bond motifs is 1. The average molecular weight is 181 g/mol. The van der Waals surface area contributed by atoms with Crippen LogP contribution >= 0.6 is 0 Å². The highest BCUT2D eigenvalue weighted by Crippen LogP contribution is 2.22. The standard InChI is InChI=1S/C8H11N3O2/c12-11(13)5-8-6-3-1-2-4-7(6)9-10-8/h1-5H2,(H,9,10). The molecular weight excluding hydrogens is 170 g/mol. The first-order chi connectivity index (χ1) is 6.27. The quantitative estimate of drug-likeness (QED) is 0.547. The van der Waals surface area contributed by atoms with Crippen molar-refractivity contribution in [2.75, 3.05) is 0 Å². The normalized spacial score (nSPS) is 15.4. The molecule has 0 atom stereocenters. The van der Waals surface area contributed by atoms with Gasteiger partial charge in [-0.3, -0.25) is 15.2 Å². The van der Waals surface area contributed by atoms with Crippen molar-refractivity contribution in [3.8, 4) is 0 Å². The lowest BCUT2D eigenvalue weighted by molar-refractivity contribution is -0.497. The summed E-state index contributed by atoms with van der Waals surface area (Å²) in [6.45, 7) is -0.147. The van der Waals surface area contributed by atoms with Gasteiger partial charge in [0.1, 0.15) is 5.69 Å². The number of aromatic amines is 1. The molecule has 0 bridgehead atoms. The molecular formula is C8H11N3O2. The van der Waals surface area contributed by atoms with Gasteiger partial charge in [-0.2, -0.15) is 5.10 Å². The Balaban J connectivity index is 2.26. The highest BCUT2D eigenvalue weighted by atomic mass is 16.6. The summed E-state index contributed by atoms with van der Waals surface area (Å²) in [6.07, 6.45) is 4.21. The molecule has 0 amide bonds. The first kappa shape index (κ1) is 8.22. The molecule has 0 saturated carbocycles. The van der Waals surface area contributed by atoms with Crippen molar-refractivity contribution in [1.29, 1.82) is 0 Å². The van der Waals surface area contributed by atoms with Crippen molar-refractivity contribution < 1.29 is 4.92 Å². The summed E-state index contributed by atoms with van der Waals surface area (Å²) in [5.74, 6) is 0. The summed E-state index contributed by atoms with van der Waals surface area (Å²) in [4.78, 5) is 9.98.